The highest BCUT2D eigenvalue weighted by atomic mass is 19.1. The molecule has 2 N–H and O–H groups in total. The van der Waals surface area contributed by atoms with Gasteiger partial charge in [-0.25, -0.2) is 19.2 Å². The summed E-state index contributed by atoms with van der Waals surface area (Å²) >= 11 is 0. The van der Waals surface area contributed by atoms with Crippen LogP contribution in [0, 0.1) is 29.5 Å². The molecule has 1 aliphatic carbocycles. The van der Waals surface area contributed by atoms with Crippen LogP contribution < -0.4 is 10.2 Å². The molecule has 3 aliphatic rings. The average Bonchev–Trinajstić information content (AvgIpc) is 3.53. The van der Waals surface area contributed by atoms with E-state index in [2.05, 4.69) is 15.3 Å². The largest absolute Gasteiger partial charge is 0.481 e. The molecule has 44 heavy (non-hydrogen) atoms. The van der Waals surface area contributed by atoms with Crippen molar-refractivity contribution in [3.05, 3.63) is 41.8 Å². The molecule has 5 rings (SSSR count). The molecule has 2 unspecified atom stereocenters. The number of unbranched alkanes of at least 4 members (excludes halogenated alkanes) is 1. The molecule has 3 amide bonds. The summed E-state index contributed by atoms with van der Waals surface area (Å²) in [6.45, 7) is 8.24. The van der Waals surface area contributed by atoms with E-state index in [1.807, 2.05) is 25.7 Å². The minimum absolute atomic E-state index is 0.00161. The fourth-order valence-electron chi connectivity index (χ4n) is 5.99. The van der Waals surface area contributed by atoms with Crippen LogP contribution in [0.15, 0.2) is 30.3 Å². The monoisotopic (exact) mass is 610 g/mol. The summed E-state index contributed by atoms with van der Waals surface area (Å²) in [6, 6.07) is 6.64. The summed E-state index contributed by atoms with van der Waals surface area (Å²) < 4.78 is 20.1. The third-order valence-electron chi connectivity index (χ3n) is 8.66. The Kier molecular flexibility index (Phi) is 9.31. The number of aromatic nitrogens is 2. The van der Waals surface area contributed by atoms with E-state index in [0.717, 1.165) is 12.8 Å². The molecule has 0 bridgehead atoms. The number of carboxylic acids is 1. The second-order valence-electron chi connectivity index (χ2n) is 12.0. The summed E-state index contributed by atoms with van der Waals surface area (Å²) in [5.41, 5.74) is 0.0976. The van der Waals surface area contributed by atoms with Crippen LogP contribution in [0.5, 0.6) is 0 Å². The number of halogens is 1. The van der Waals surface area contributed by atoms with Gasteiger partial charge in [-0.3, -0.25) is 14.4 Å². The number of aliphatic carboxylic acids is 1. The van der Waals surface area contributed by atoms with Crippen molar-refractivity contribution in [2.75, 3.05) is 50.8 Å². The van der Waals surface area contributed by atoms with Gasteiger partial charge in [-0.15, -0.1) is 0 Å². The first-order chi connectivity index (χ1) is 21.1. The van der Waals surface area contributed by atoms with Crippen LogP contribution >= 0.6 is 0 Å². The number of anilines is 1. The number of carboxylic acid groups (broad SMARTS) is 1. The highest BCUT2D eigenvalue weighted by molar-refractivity contribution is 5.97. The summed E-state index contributed by atoms with van der Waals surface area (Å²) in [5.74, 6) is -2.45. The quantitative estimate of drug-likeness (QED) is 0.388. The second-order valence-corrected chi connectivity index (χ2v) is 12.0. The predicted octanol–water partition coefficient (Wildman–Crippen LogP) is 2.88. The number of piperazine rings is 1. The highest BCUT2D eigenvalue weighted by Crippen LogP contribution is 2.52. The van der Waals surface area contributed by atoms with Crippen molar-refractivity contribution in [2.45, 2.75) is 39.7 Å². The van der Waals surface area contributed by atoms with E-state index in [9.17, 15) is 28.7 Å². The van der Waals surface area contributed by atoms with Crippen molar-refractivity contribution >= 4 is 29.7 Å². The van der Waals surface area contributed by atoms with E-state index in [0.29, 0.717) is 51.7 Å². The van der Waals surface area contributed by atoms with Gasteiger partial charge in [0.1, 0.15) is 23.4 Å². The maximum absolute atomic E-state index is 14.8. The van der Waals surface area contributed by atoms with Crippen molar-refractivity contribution < 1.29 is 33.4 Å². The van der Waals surface area contributed by atoms with E-state index in [4.69, 9.17) is 4.74 Å². The van der Waals surface area contributed by atoms with Crippen molar-refractivity contribution in [3.63, 3.8) is 0 Å². The number of carbonyl (C=O) groups excluding carboxylic acids is 3. The lowest BCUT2D eigenvalue weighted by atomic mass is 10.0. The van der Waals surface area contributed by atoms with E-state index >= 15 is 0 Å². The summed E-state index contributed by atoms with van der Waals surface area (Å²) in [7, 11) is 0. The van der Waals surface area contributed by atoms with Crippen LogP contribution in [-0.2, 0) is 14.3 Å². The SMILES string of the molecule is CCCCOC(=O)N1CCN(C(=O)[C@@H](NC(=O)c2cc(N3CC4C(C3)C4C(=O)O)nc(-c3ccccc3F)n2)C(C)C)CC1. The Balaban J connectivity index is 1.31. The lowest BCUT2D eigenvalue weighted by Crippen LogP contribution is -2.57. The molecule has 0 radical (unpaired) electrons. The molecular formula is C31H39FN6O6. The second kappa shape index (κ2) is 13.1. The molecule has 0 spiro atoms. The summed E-state index contributed by atoms with van der Waals surface area (Å²) in [5, 5.41) is 12.2. The van der Waals surface area contributed by atoms with Gasteiger partial charge in [0.05, 0.1) is 18.1 Å². The van der Waals surface area contributed by atoms with Gasteiger partial charge in [0.2, 0.25) is 5.91 Å². The normalized spacial score (nSPS) is 21.6. The van der Waals surface area contributed by atoms with Gasteiger partial charge in [0, 0.05) is 45.3 Å². The van der Waals surface area contributed by atoms with Crippen LogP contribution in [0.1, 0.15) is 44.1 Å². The molecule has 2 aromatic rings. The zero-order valence-electron chi connectivity index (χ0n) is 25.2. The number of fused-ring (bicyclic) bond motifs is 1. The van der Waals surface area contributed by atoms with Crippen molar-refractivity contribution in [1.29, 1.82) is 0 Å². The molecule has 1 aromatic carbocycles. The minimum atomic E-state index is -0.864. The third kappa shape index (κ3) is 6.61. The number of hydrogen-bond acceptors (Lipinski definition) is 8. The van der Waals surface area contributed by atoms with E-state index < -0.39 is 29.8 Å². The van der Waals surface area contributed by atoms with Gasteiger partial charge >= 0.3 is 12.1 Å². The molecule has 3 heterocycles. The lowest BCUT2D eigenvalue weighted by molar-refractivity contribution is -0.139. The third-order valence-corrected chi connectivity index (χ3v) is 8.66. The molecule has 12 nitrogen and oxygen atoms in total. The standard InChI is InChI=1S/C31H39FN6O6/c1-4-5-14-44-31(43)37-12-10-36(11-13-37)29(40)26(18(2)3)35-28(39)23-15-24(38-16-20-21(17-38)25(20)30(41)42)34-27(33-23)19-8-6-7-9-22(19)32/h6-9,15,18,20-21,25-26H,4-5,10-14,16-17H2,1-3H3,(H,35,39)(H,41,42)/t20?,21?,25?,26-/m0/s1. The zero-order valence-corrected chi connectivity index (χ0v) is 25.2. The average molecular weight is 611 g/mol. The molecule has 3 atom stereocenters. The predicted molar refractivity (Wildman–Crippen MR) is 158 cm³/mol. The van der Waals surface area contributed by atoms with Gasteiger partial charge in [0.15, 0.2) is 5.82 Å². The van der Waals surface area contributed by atoms with Crippen molar-refractivity contribution in [2.24, 2.45) is 23.7 Å². The number of rotatable bonds is 10. The molecule has 2 saturated heterocycles. The van der Waals surface area contributed by atoms with Crippen molar-refractivity contribution in [1.82, 2.24) is 25.1 Å². The molecule has 236 valence electrons. The molecule has 1 aromatic heterocycles. The van der Waals surface area contributed by atoms with E-state index in [1.165, 1.54) is 18.2 Å². The Morgan fingerprint density at radius 3 is 2.32 bits per heavy atom. The minimum Gasteiger partial charge on any atom is -0.481 e. The maximum atomic E-state index is 14.8. The number of piperidine rings is 1. The van der Waals surface area contributed by atoms with Gasteiger partial charge < -0.3 is 29.9 Å². The van der Waals surface area contributed by atoms with Crippen LogP contribution in [-0.4, -0.2) is 101 Å². The zero-order chi connectivity index (χ0) is 31.5. The first kappa shape index (κ1) is 31.1. The Morgan fingerprint density at radius 1 is 1.05 bits per heavy atom. The smallest absolute Gasteiger partial charge is 0.409 e. The Morgan fingerprint density at radius 2 is 1.70 bits per heavy atom. The van der Waals surface area contributed by atoms with Crippen LogP contribution in [0.4, 0.5) is 15.0 Å². The topological polar surface area (TPSA) is 145 Å². The number of amides is 3. The van der Waals surface area contributed by atoms with Crippen LogP contribution in [0.25, 0.3) is 11.4 Å². The van der Waals surface area contributed by atoms with Gasteiger partial charge in [-0.1, -0.05) is 39.3 Å². The van der Waals surface area contributed by atoms with Crippen LogP contribution in [0.2, 0.25) is 0 Å². The highest BCUT2D eigenvalue weighted by Gasteiger charge is 2.60. The summed E-state index contributed by atoms with van der Waals surface area (Å²) in [6.07, 6.45) is 1.32. The van der Waals surface area contributed by atoms with Gasteiger partial charge in [0.25, 0.3) is 5.91 Å². The van der Waals surface area contributed by atoms with Gasteiger partial charge in [-0.2, -0.15) is 0 Å². The molecule has 3 fully saturated rings. The number of ether oxygens (including phenoxy) is 1. The molecule has 2 aliphatic heterocycles. The molecular weight excluding hydrogens is 571 g/mol. The number of benzene rings is 1. The van der Waals surface area contributed by atoms with Crippen molar-refractivity contribution in [3.8, 4) is 11.4 Å². The van der Waals surface area contributed by atoms with E-state index in [1.54, 1.807) is 21.9 Å². The fraction of sp³-hybridized carbons (Fsp3) is 0.548. The lowest BCUT2D eigenvalue weighted by Gasteiger charge is -2.36. The van der Waals surface area contributed by atoms with Crippen LogP contribution in [0.3, 0.4) is 0 Å². The first-order valence-corrected chi connectivity index (χ1v) is 15.2. The Hall–Kier alpha value is -4.29. The van der Waals surface area contributed by atoms with E-state index in [-0.39, 0.29) is 46.7 Å². The maximum Gasteiger partial charge on any atom is 0.409 e. The Bertz CT molecular complexity index is 1400. The molecule has 13 heteroatoms. The number of nitrogens with zero attached hydrogens (tertiary/aromatic N) is 5. The molecule has 1 saturated carbocycles. The number of carbonyl (C=O) groups is 4. The first-order valence-electron chi connectivity index (χ1n) is 15.2. The number of nitrogens with one attached hydrogen (secondary N) is 1. The van der Waals surface area contributed by atoms with Gasteiger partial charge in [-0.05, 0) is 36.3 Å². The summed E-state index contributed by atoms with van der Waals surface area (Å²) in [4.78, 5) is 65.0. The number of hydrogen-bond donors (Lipinski definition) is 2. The fourth-order valence-corrected chi connectivity index (χ4v) is 5.99. The Labute approximate surface area is 255 Å².